The van der Waals surface area contributed by atoms with E-state index < -0.39 is 0 Å². The molecular weight excluding hydrogens is 723 g/mol. The van der Waals surface area contributed by atoms with Gasteiger partial charge in [0.15, 0.2) is 17.5 Å². The molecule has 0 fully saturated rings. The van der Waals surface area contributed by atoms with Gasteiger partial charge in [-0.05, 0) is 92.7 Å². The van der Waals surface area contributed by atoms with Crippen molar-refractivity contribution in [2.24, 2.45) is 0 Å². The predicted molar refractivity (Wildman–Crippen MR) is 244 cm³/mol. The molecule has 0 bridgehead atoms. The van der Waals surface area contributed by atoms with E-state index in [-0.39, 0.29) is 5.41 Å². The van der Waals surface area contributed by atoms with Crippen LogP contribution in [0.1, 0.15) is 43.6 Å². The molecule has 0 saturated carbocycles. The fourth-order valence-corrected chi connectivity index (χ4v) is 10.2. The fraction of sp³-hybridized carbons (Fsp3) is 0.0926. The van der Waals surface area contributed by atoms with Crippen molar-refractivity contribution in [3.63, 3.8) is 0 Å². The molecule has 58 heavy (non-hydrogen) atoms. The maximum Gasteiger partial charge on any atom is 0.164 e. The topological polar surface area (TPSA) is 38.7 Å². The SMILES string of the molecule is CC1(C)c2ccccc2-c2cccc(-c3cccc(-c4nc(C5=CCCC=C5)nc(-c5cccc6sc7ccc(-c8ccc(-c9ccccc9)cc8)cc7c56)n4)c3)c21. The fourth-order valence-electron chi connectivity index (χ4n) is 9.13. The first-order valence-corrected chi connectivity index (χ1v) is 20.9. The van der Waals surface area contributed by atoms with Crippen LogP contribution in [0.5, 0.6) is 0 Å². The molecule has 2 aromatic heterocycles. The standard InChI is InChI=1S/C54H39N3S/c1-54(2)46-24-10-9-20-42(46)43-22-12-21-41(50(43)54)39-18-11-19-40(32-39)52-55-51(37-16-7-4-8-17-37)56-53(57-52)44-23-13-25-48-49(44)45-33-38(30-31-47(45)58-48)36-28-26-35(27-29-36)34-14-5-3-6-15-34/h3,5-7,9-33H,4,8H2,1-2H3. The molecule has 0 amide bonds. The summed E-state index contributed by atoms with van der Waals surface area (Å²) in [4.78, 5) is 15.8. The van der Waals surface area contributed by atoms with E-state index in [2.05, 4.69) is 190 Å². The second-order valence-corrected chi connectivity index (χ2v) is 16.9. The van der Waals surface area contributed by atoms with Crippen LogP contribution in [-0.4, -0.2) is 15.0 Å². The molecule has 2 aliphatic carbocycles. The maximum atomic E-state index is 5.32. The van der Waals surface area contributed by atoms with Crippen molar-refractivity contribution in [1.29, 1.82) is 0 Å². The average Bonchev–Trinajstić information content (AvgIpc) is 3.78. The molecule has 276 valence electrons. The predicted octanol–water partition coefficient (Wildman–Crippen LogP) is 14.6. The molecule has 0 N–H and O–H groups in total. The van der Waals surface area contributed by atoms with E-state index in [1.807, 2.05) is 11.3 Å². The van der Waals surface area contributed by atoms with Crippen molar-refractivity contribution in [3.05, 3.63) is 193 Å². The highest BCUT2D eigenvalue weighted by molar-refractivity contribution is 7.26. The van der Waals surface area contributed by atoms with Gasteiger partial charge < -0.3 is 0 Å². The molecule has 0 atom stereocenters. The van der Waals surface area contributed by atoms with Crippen molar-refractivity contribution in [3.8, 4) is 67.3 Å². The number of thiophene rings is 1. The van der Waals surface area contributed by atoms with Gasteiger partial charge in [-0.3, -0.25) is 0 Å². The Bertz CT molecular complexity index is 3130. The van der Waals surface area contributed by atoms with E-state index in [9.17, 15) is 0 Å². The Hall–Kier alpha value is -6.75. The first-order chi connectivity index (χ1) is 28.5. The minimum Gasteiger partial charge on any atom is -0.208 e. The van der Waals surface area contributed by atoms with Gasteiger partial charge in [0, 0.05) is 42.3 Å². The monoisotopic (exact) mass is 761 g/mol. The summed E-state index contributed by atoms with van der Waals surface area (Å²) in [5.41, 5.74) is 15.5. The third kappa shape index (κ3) is 5.75. The number of hydrogen-bond donors (Lipinski definition) is 0. The minimum atomic E-state index is -0.126. The van der Waals surface area contributed by atoms with E-state index >= 15 is 0 Å². The van der Waals surface area contributed by atoms with Crippen LogP contribution in [0.2, 0.25) is 0 Å². The van der Waals surface area contributed by atoms with Crippen LogP contribution in [0.25, 0.3) is 93.0 Å². The number of fused-ring (bicyclic) bond motifs is 6. The summed E-state index contributed by atoms with van der Waals surface area (Å²) in [5, 5.41) is 2.39. The number of aromatic nitrogens is 3. The van der Waals surface area contributed by atoms with Gasteiger partial charge in [-0.1, -0.05) is 166 Å². The second kappa shape index (κ2) is 13.7. The number of hydrogen-bond acceptors (Lipinski definition) is 4. The van der Waals surface area contributed by atoms with Crippen molar-refractivity contribution in [2.45, 2.75) is 32.1 Å². The van der Waals surface area contributed by atoms with Crippen molar-refractivity contribution >= 4 is 37.1 Å². The molecule has 4 heteroatoms. The van der Waals surface area contributed by atoms with Crippen LogP contribution in [0.3, 0.4) is 0 Å². The minimum absolute atomic E-state index is 0.126. The van der Waals surface area contributed by atoms with Crippen molar-refractivity contribution in [1.82, 2.24) is 15.0 Å². The third-order valence-electron chi connectivity index (χ3n) is 12.0. The largest absolute Gasteiger partial charge is 0.208 e. The van der Waals surface area contributed by atoms with Gasteiger partial charge in [0.1, 0.15) is 0 Å². The first-order valence-electron chi connectivity index (χ1n) is 20.1. The molecule has 2 aliphatic rings. The second-order valence-electron chi connectivity index (χ2n) is 15.9. The summed E-state index contributed by atoms with van der Waals surface area (Å²) < 4.78 is 2.46. The number of nitrogens with zero attached hydrogens (tertiary/aromatic N) is 3. The maximum absolute atomic E-state index is 5.32. The highest BCUT2D eigenvalue weighted by Gasteiger charge is 2.37. The van der Waals surface area contributed by atoms with E-state index in [0.29, 0.717) is 17.5 Å². The average molecular weight is 762 g/mol. The van der Waals surface area contributed by atoms with Gasteiger partial charge >= 0.3 is 0 Å². The molecule has 0 saturated heterocycles. The Balaban J connectivity index is 1.05. The Morgan fingerprint density at radius 1 is 0.466 bits per heavy atom. The molecule has 0 aliphatic heterocycles. The Kier molecular flexibility index (Phi) is 8.16. The lowest BCUT2D eigenvalue weighted by atomic mass is 9.79. The number of benzene rings is 7. The van der Waals surface area contributed by atoms with E-state index in [4.69, 9.17) is 15.0 Å². The lowest BCUT2D eigenvalue weighted by molar-refractivity contribution is 0.662. The zero-order valence-corrected chi connectivity index (χ0v) is 33.2. The Morgan fingerprint density at radius 3 is 1.95 bits per heavy atom. The van der Waals surface area contributed by atoms with Crippen LogP contribution >= 0.6 is 11.3 Å². The molecular formula is C54H39N3S. The van der Waals surface area contributed by atoms with Crippen LogP contribution in [0.15, 0.2) is 176 Å². The summed E-state index contributed by atoms with van der Waals surface area (Å²) in [6.07, 6.45) is 8.62. The summed E-state index contributed by atoms with van der Waals surface area (Å²) in [6.45, 7) is 4.69. The highest BCUT2D eigenvalue weighted by atomic mass is 32.1. The quantitative estimate of drug-likeness (QED) is 0.169. The lowest BCUT2D eigenvalue weighted by Crippen LogP contribution is -2.16. The normalized spacial score (nSPS) is 14.1. The summed E-state index contributed by atoms with van der Waals surface area (Å²) in [6, 6.07) is 57.1. The van der Waals surface area contributed by atoms with Gasteiger partial charge in [-0.25, -0.2) is 15.0 Å². The van der Waals surface area contributed by atoms with Crippen LogP contribution in [0, 0.1) is 0 Å². The number of rotatable bonds is 6. The summed E-state index contributed by atoms with van der Waals surface area (Å²) in [5.74, 6) is 2.06. The smallest absolute Gasteiger partial charge is 0.164 e. The first kappa shape index (κ1) is 34.5. The number of allylic oxidation sites excluding steroid dienone is 4. The van der Waals surface area contributed by atoms with Crippen molar-refractivity contribution < 1.29 is 0 Å². The Labute approximate surface area is 342 Å². The van der Waals surface area contributed by atoms with E-state index in [0.717, 1.165) is 35.1 Å². The molecule has 2 heterocycles. The summed E-state index contributed by atoms with van der Waals surface area (Å²) >= 11 is 1.82. The van der Waals surface area contributed by atoms with Crippen molar-refractivity contribution in [2.75, 3.05) is 0 Å². The zero-order valence-electron chi connectivity index (χ0n) is 32.4. The van der Waals surface area contributed by atoms with Gasteiger partial charge in [0.05, 0.1) is 0 Å². The van der Waals surface area contributed by atoms with E-state index in [1.54, 1.807) is 0 Å². The van der Waals surface area contributed by atoms with Crippen LogP contribution in [-0.2, 0) is 5.41 Å². The molecule has 11 rings (SSSR count). The molecule has 9 aromatic rings. The molecule has 7 aromatic carbocycles. The molecule has 0 spiro atoms. The van der Waals surface area contributed by atoms with Gasteiger partial charge in [0.2, 0.25) is 0 Å². The Morgan fingerprint density at radius 2 is 1.10 bits per heavy atom. The molecule has 0 unspecified atom stereocenters. The van der Waals surface area contributed by atoms with E-state index in [1.165, 1.54) is 70.2 Å². The zero-order chi connectivity index (χ0) is 38.8. The summed E-state index contributed by atoms with van der Waals surface area (Å²) in [7, 11) is 0. The van der Waals surface area contributed by atoms with Gasteiger partial charge in [-0.15, -0.1) is 11.3 Å². The highest BCUT2D eigenvalue weighted by Crippen LogP contribution is 2.52. The van der Waals surface area contributed by atoms with Crippen LogP contribution in [0.4, 0.5) is 0 Å². The third-order valence-corrected chi connectivity index (χ3v) is 13.1. The molecule has 3 nitrogen and oxygen atoms in total. The lowest BCUT2D eigenvalue weighted by Gasteiger charge is -2.24. The van der Waals surface area contributed by atoms with Crippen LogP contribution < -0.4 is 0 Å². The van der Waals surface area contributed by atoms with Gasteiger partial charge in [0.25, 0.3) is 0 Å². The van der Waals surface area contributed by atoms with Gasteiger partial charge in [-0.2, -0.15) is 0 Å². The molecule has 0 radical (unpaired) electrons.